The summed E-state index contributed by atoms with van der Waals surface area (Å²) in [6.45, 7) is 0. The van der Waals surface area contributed by atoms with Crippen molar-refractivity contribution >= 4 is 97.2 Å². The van der Waals surface area contributed by atoms with E-state index in [0.29, 0.717) is 0 Å². The number of para-hydroxylation sites is 5. The fourth-order valence-electron chi connectivity index (χ4n) is 10.1. The monoisotopic (exact) mass is 755 g/mol. The largest absolute Gasteiger partial charge is 0.308 e. The third-order valence-electron chi connectivity index (χ3n) is 12.4. The highest BCUT2D eigenvalue weighted by molar-refractivity contribution is 7.25. The minimum atomic E-state index is 0.800. The second kappa shape index (κ2) is 11.1. The van der Waals surface area contributed by atoms with Gasteiger partial charge in [0.25, 0.3) is 0 Å². The Morgan fingerprint density at radius 1 is 0.379 bits per heavy atom. The van der Waals surface area contributed by atoms with Crippen LogP contribution in [0.15, 0.2) is 176 Å². The van der Waals surface area contributed by atoms with Gasteiger partial charge in [0.2, 0.25) is 0 Å². The Hall–Kier alpha value is -7.54. The van der Waals surface area contributed by atoms with Crippen molar-refractivity contribution in [1.29, 1.82) is 0 Å². The van der Waals surface area contributed by atoms with Gasteiger partial charge in [0.15, 0.2) is 11.6 Å². The first-order valence-electron chi connectivity index (χ1n) is 19.7. The van der Waals surface area contributed by atoms with Crippen LogP contribution in [0.2, 0.25) is 0 Å². The van der Waals surface area contributed by atoms with E-state index in [-0.39, 0.29) is 0 Å². The SMILES string of the molecule is c1ccc2c(c1)-c1ccccc1-n1c3ccccc3c3cc4c(c-2c31)c1ccccc1n4-c1nc2c(nc1-n1c3ccccc3c3ccccc31)sc1ccccc12. The number of thiophene rings is 1. The highest BCUT2D eigenvalue weighted by atomic mass is 32.1. The van der Waals surface area contributed by atoms with Crippen molar-refractivity contribution in [3.8, 4) is 39.6 Å². The Bertz CT molecular complexity index is 3880. The molecule has 268 valence electrons. The van der Waals surface area contributed by atoms with Crippen LogP contribution in [0.25, 0.3) is 125 Å². The summed E-state index contributed by atoms with van der Waals surface area (Å²) in [5.74, 6) is 1.61. The standard InChI is InChI=1S/C52H29N5S/c1-2-20-35-30(15-1)31-16-3-9-23-39(31)55-40-24-10-6-19-34(40)38-29-44-46(47(35)49(38)55)36-21-7-13-27-43(36)57(44)50-51(54-52-48(53-50)37-22-8-14-28-45(37)58-52)56-41-25-11-4-17-32(41)33-18-5-12-26-42(33)56/h1-29H. The summed E-state index contributed by atoms with van der Waals surface area (Å²) in [6, 6.07) is 63.9. The molecule has 1 aliphatic heterocycles. The van der Waals surface area contributed by atoms with E-state index < -0.39 is 0 Å². The predicted molar refractivity (Wildman–Crippen MR) is 242 cm³/mol. The fourth-order valence-corrected chi connectivity index (χ4v) is 11.1. The number of hydrogen-bond donors (Lipinski definition) is 0. The molecule has 0 fully saturated rings. The van der Waals surface area contributed by atoms with E-state index >= 15 is 0 Å². The van der Waals surface area contributed by atoms with Gasteiger partial charge in [-0.15, -0.1) is 11.3 Å². The molecule has 8 aromatic carbocycles. The third-order valence-corrected chi connectivity index (χ3v) is 13.5. The normalized spacial score (nSPS) is 12.5. The number of benzene rings is 8. The van der Waals surface area contributed by atoms with E-state index in [4.69, 9.17) is 9.97 Å². The predicted octanol–water partition coefficient (Wildman–Crippen LogP) is 13.8. The lowest BCUT2D eigenvalue weighted by Gasteiger charge is -2.16. The van der Waals surface area contributed by atoms with E-state index in [0.717, 1.165) is 49.4 Å². The van der Waals surface area contributed by atoms with Crippen molar-refractivity contribution in [2.24, 2.45) is 0 Å². The van der Waals surface area contributed by atoms with E-state index in [9.17, 15) is 0 Å². The van der Waals surface area contributed by atoms with Crippen LogP contribution in [0.5, 0.6) is 0 Å². The molecular formula is C52H29N5S. The van der Waals surface area contributed by atoms with Crippen LogP contribution in [0, 0.1) is 0 Å². The van der Waals surface area contributed by atoms with Crippen molar-refractivity contribution in [3.05, 3.63) is 176 Å². The molecule has 0 unspecified atom stereocenters. The molecule has 5 aromatic heterocycles. The lowest BCUT2D eigenvalue weighted by molar-refractivity contribution is 1.00. The quantitative estimate of drug-likeness (QED) is 0.176. The second-order valence-corrected chi connectivity index (χ2v) is 16.3. The Morgan fingerprint density at radius 3 is 1.60 bits per heavy atom. The Morgan fingerprint density at radius 2 is 0.879 bits per heavy atom. The number of rotatable bonds is 2. The minimum absolute atomic E-state index is 0.800. The lowest BCUT2D eigenvalue weighted by atomic mass is 9.91. The van der Waals surface area contributed by atoms with Crippen molar-refractivity contribution in [2.45, 2.75) is 0 Å². The summed E-state index contributed by atoms with van der Waals surface area (Å²) in [7, 11) is 0. The van der Waals surface area contributed by atoms with Crippen LogP contribution in [0.4, 0.5) is 0 Å². The molecule has 0 radical (unpaired) electrons. The van der Waals surface area contributed by atoms with Gasteiger partial charge in [0.1, 0.15) is 10.3 Å². The van der Waals surface area contributed by atoms with Gasteiger partial charge >= 0.3 is 0 Å². The molecule has 0 bridgehead atoms. The van der Waals surface area contributed by atoms with Crippen LogP contribution in [0.1, 0.15) is 0 Å². The number of nitrogens with zero attached hydrogens (tertiary/aromatic N) is 5. The first kappa shape index (κ1) is 30.7. The maximum absolute atomic E-state index is 5.77. The van der Waals surface area contributed by atoms with Gasteiger partial charge in [-0.25, -0.2) is 9.97 Å². The van der Waals surface area contributed by atoms with Gasteiger partial charge in [0, 0.05) is 53.5 Å². The molecule has 14 rings (SSSR count). The average molecular weight is 756 g/mol. The highest BCUT2D eigenvalue weighted by Crippen LogP contribution is 2.52. The molecule has 0 atom stereocenters. The van der Waals surface area contributed by atoms with Gasteiger partial charge in [-0.1, -0.05) is 133 Å². The molecule has 0 spiro atoms. The highest BCUT2D eigenvalue weighted by Gasteiger charge is 2.30. The van der Waals surface area contributed by atoms with Gasteiger partial charge in [0.05, 0.1) is 38.8 Å². The maximum Gasteiger partial charge on any atom is 0.183 e. The van der Waals surface area contributed by atoms with Crippen molar-refractivity contribution < 1.29 is 0 Å². The number of fused-ring (bicyclic) bond motifs is 18. The first-order valence-corrected chi connectivity index (χ1v) is 20.5. The molecule has 6 heteroatoms. The molecule has 58 heavy (non-hydrogen) atoms. The van der Waals surface area contributed by atoms with E-state index in [1.54, 1.807) is 11.3 Å². The Kier molecular flexibility index (Phi) is 5.85. The summed E-state index contributed by atoms with van der Waals surface area (Å²) >= 11 is 1.71. The zero-order valence-corrected chi connectivity index (χ0v) is 31.7. The van der Waals surface area contributed by atoms with Crippen LogP contribution in [-0.2, 0) is 0 Å². The molecule has 1 aliphatic rings. The van der Waals surface area contributed by atoms with E-state index in [2.05, 4.69) is 190 Å². The molecule has 0 saturated heterocycles. The van der Waals surface area contributed by atoms with Crippen molar-refractivity contribution in [3.63, 3.8) is 0 Å². The molecule has 13 aromatic rings. The smallest absolute Gasteiger partial charge is 0.183 e. The van der Waals surface area contributed by atoms with Crippen LogP contribution < -0.4 is 0 Å². The van der Waals surface area contributed by atoms with Gasteiger partial charge in [-0.3, -0.25) is 9.13 Å². The molecule has 0 aliphatic carbocycles. The summed E-state index contributed by atoms with van der Waals surface area (Å²) in [4.78, 5) is 12.4. The molecule has 0 N–H and O–H groups in total. The van der Waals surface area contributed by atoms with Crippen molar-refractivity contribution in [1.82, 2.24) is 23.7 Å². The Labute approximate surface area is 334 Å². The first-order chi connectivity index (χ1) is 28.8. The fraction of sp³-hybridized carbons (Fsp3) is 0. The summed E-state index contributed by atoms with van der Waals surface area (Å²) in [6.07, 6.45) is 0. The second-order valence-electron chi connectivity index (χ2n) is 15.3. The number of aromatic nitrogens is 5. The third kappa shape index (κ3) is 3.80. The maximum atomic E-state index is 5.77. The summed E-state index contributed by atoms with van der Waals surface area (Å²) in [5, 5.41) is 8.32. The van der Waals surface area contributed by atoms with E-state index in [1.807, 2.05) is 0 Å². The van der Waals surface area contributed by atoms with Gasteiger partial charge in [-0.2, -0.15) is 0 Å². The minimum Gasteiger partial charge on any atom is -0.308 e. The van der Waals surface area contributed by atoms with E-state index in [1.165, 1.54) is 76.0 Å². The topological polar surface area (TPSA) is 40.6 Å². The van der Waals surface area contributed by atoms with Gasteiger partial charge < -0.3 is 4.57 Å². The Balaban J connectivity index is 1.24. The summed E-state index contributed by atoms with van der Waals surface area (Å²) < 4.78 is 8.43. The molecule has 5 nitrogen and oxygen atoms in total. The average Bonchev–Trinajstić information content (AvgIpc) is 3.99. The molecule has 0 amide bonds. The zero-order valence-electron chi connectivity index (χ0n) is 30.9. The zero-order chi connectivity index (χ0) is 37.6. The number of hydrogen-bond acceptors (Lipinski definition) is 3. The molecule has 0 saturated carbocycles. The van der Waals surface area contributed by atoms with Crippen LogP contribution in [-0.4, -0.2) is 23.7 Å². The van der Waals surface area contributed by atoms with Crippen molar-refractivity contribution in [2.75, 3.05) is 0 Å². The molecule has 6 heterocycles. The lowest BCUT2D eigenvalue weighted by Crippen LogP contribution is -2.08. The summed E-state index contributed by atoms with van der Waals surface area (Å²) in [5.41, 5.74) is 13.8. The molecular weight excluding hydrogens is 727 g/mol. The van der Waals surface area contributed by atoms with Gasteiger partial charge in [-0.05, 0) is 53.6 Å². The van der Waals surface area contributed by atoms with Crippen LogP contribution >= 0.6 is 11.3 Å². The van der Waals surface area contributed by atoms with Crippen LogP contribution in [0.3, 0.4) is 0 Å².